The van der Waals surface area contributed by atoms with E-state index in [4.69, 9.17) is 0 Å². The van der Waals surface area contributed by atoms with Crippen molar-refractivity contribution < 1.29 is 0 Å². The van der Waals surface area contributed by atoms with Crippen LogP contribution in [0, 0.1) is 5.92 Å². The molecule has 0 aromatic rings. The van der Waals surface area contributed by atoms with Gasteiger partial charge in [-0.3, -0.25) is 4.99 Å². The minimum absolute atomic E-state index is 0.310. The van der Waals surface area contributed by atoms with Crippen molar-refractivity contribution in [2.45, 2.75) is 0 Å². The predicted octanol–water partition coefficient (Wildman–Crippen LogP) is 2.85. The lowest BCUT2D eigenvalue weighted by Gasteiger charge is -2.11. The molecule has 70 valence electrons. The van der Waals surface area contributed by atoms with Gasteiger partial charge >= 0.3 is 0 Å². The van der Waals surface area contributed by atoms with Crippen molar-refractivity contribution in [3.05, 3.63) is 60.3 Å². The Morgan fingerprint density at radius 2 is 1.86 bits per heavy atom. The lowest BCUT2D eigenvalue weighted by Crippen LogP contribution is -2.10. The Morgan fingerprint density at radius 1 is 1.00 bits per heavy atom. The highest BCUT2D eigenvalue weighted by Gasteiger charge is 2.15. The summed E-state index contributed by atoms with van der Waals surface area (Å²) in [5.41, 5.74) is 2.40. The average molecular weight is 183 g/mol. The fraction of sp³-hybridized carbons (Fsp3) is 0.154. The SMILES string of the molecule is CN=C1C=CC=CC2=CC=CC=CC21. The van der Waals surface area contributed by atoms with Crippen molar-refractivity contribution in [3.63, 3.8) is 0 Å². The molecule has 0 N–H and O–H groups in total. The fourth-order valence-corrected chi connectivity index (χ4v) is 1.69. The summed E-state index contributed by atoms with van der Waals surface area (Å²) >= 11 is 0. The fourth-order valence-electron chi connectivity index (χ4n) is 1.69. The summed E-state index contributed by atoms with van der Waals surface area (Å²) in [6, 6.07) is 0. The zero-order valence-electron chi connectivity index (χ0n) is 8.22. The first-order valence-electron chi connectivity index (χ1n) is 4.78. The van der Waals surface area contributed by atoms with E-state index in [-0.39, 0.29) is 0 Å². The van der Waals surface area contributed by atoms with Gasteiger partial charge < -0.3 is 0 Å². The number of nitrogens with zero attached hydrogens (tertiary/aromatic N) is 1. The van der Waals surface area contributed by atoms with Gasteiger partial charge in [-0.25, -0.2) is 0 Å². The van der Waals surface area contributed by atoms with E-state index in [1.54, 1.807) is 0 Å². The minimum atomic E-state index is 0.310. The van der Waals surface area contributed by atoms with Crippen molar-refractivity contribution in [2.24, 2.45) is 10.9 Å². The Morgan fingerprint density at radius 3 is 2.71 bits per heavy atom. The summed E-state index contributed by atoms with van der Waals surface area (Å²) in [7, 11) is 1.84. The van der Waals surface area contributed by atoms with Gasteiger partial charge in [0.05, 0.1) is 0 Å². The van der Waals surface area contributed by atoms with Crippen LogP contribution in [0.2, 0.25) is 0 Å². The molecule has 0 aliphatic heterocycles. The van der Waals surface area contributed by atoms with Crippen molar-refractivity contribution >= 4 is 5.71 Å². The molecule has 0 radical (unpaired) electrons. The lowest BCUT2D eigenvalue weighted by molar-refractivity contribution is 1.07. The Hall–Kier alpha value is -1.63. The van der Waals surface area contributed by atoms with Gasteiger partial charge in [-0.05, 0) is 11.6 Å². The highest BCUT2D eigenvalue weighted by atomic mass is 14.7. The van der Waals surface area contributed by atoms with Crippen LogP contribution < -0.4 is 0 Å². The second kappa shape index (κ2) is 4.05. The van der Waals surface area contributed by atoms with E-state index < -0.39 is 0 Å². The van der Waals surface area contributed by atoms with Crippen LogP contribution in [0.25, 0.3) is 0 Å². The molecule has 1 nitrogen and oxygen atoms in total. The molecular weight excluding hydrogens is 170 g/mol. The highest BCUT2D eigenvalue weighted by molar-refractivity contribution is 6.01. The summed E-state index contributed by atoms with van der Waals surface area (Å²) in [4.78, 5) is 4.30. The van der Waals surface area contributed by atoms with Gasteiger partial charge in [-0.15, -0.1) is 0 Å². The molecule has 1 atom stereocenters. The van der Waals surface area contributed by atoms with Gasteiger partial charge in [-0.2, -0.15) is 0 Å². The monoisotopic (exact) mass is 183 g/mol. The first-order chi connectivity index (χ1) is 6.92. The third-order valence-electron chi connectivity index (χ3n) is 2.42. The Kier molecular flexibility index (Phi) is 2.59. The normalized spacial score (nSPS) is 27.1. The van der Waals surface area contributed by atoms with Gasteiger partial charge in [0.25, 0.3) is 0 Å². The van der Waals surface area contributed by atoms with Crippen LogP contribution in [-0.4, -0.2) is 12.8 Å². The van der Waals surface area contributed by atoms with Gasteiger partial charge in [0, 0.05) is 18.7 Å². The first kappa shape index (κ1) is 8.95. The molecule has 0 saturated carbocycles. The molecule has 0 spiro atoms. The maximum Gasteiger partial charge on any atom is 0.0457 e. The van der Waals surface area contributed by atoms with Gasteiger partial charge in [0.1, 0.15) is 0 Å². The van der Waals surface area contributed by atoms with E-state index in [1.165, 1.54) is 5.57 Å². The van der Waals surface area contributed by atoms with Crippen LogP contribution in [0.4, 0.5) is 0 Å². The minimum Gasteiger partial charge on any atom is -0.292 e. The Labute approximate surface area is 84.6 Å². The Bertz CT molecular complexity index is 389. The van der Waals surface area contributed by atoms with Crippen molar-refractivity contribution in [2.75, 3.05) is 7.05 Å². The number of hydrogen-bond acceptors (Lipinski definition) is 1. The maximum atomic E-state index is 4.30. The molecule has 0 heterocycles. The summed E-state index contributed by atoms with van der Waals surface area (Å²) < 4.78 is 0. The van der Waals surface area contributed by atoms with Crippen LogP contribution in [0.3, 0.4) is 0 Å². The second-order valence-electron chi connectivity index (χ2n) is 3.28. The van der Waals surface area contributed by atoms with E-state index in [0.717, 1.165) is 5.71 Å². The smallest absolute Gasteiger partial charge is 0.0457 e. The van der Waals surface area contributed by atoms with Crippen LogP contribution in [0.1, 0.15) is 0 Å². The average Bonchev–Trinajstić information content (AvgIpc) is 2.51. The molecule has 0 aromatic heterocycles. The summed E-state index contributed by atoms with van der Waals surface area (Å²) in [6.45, 7) is 0. The zero-order valence-corrected chi connectivity index (χ0v) is 8.22. The number of allylic oxidation sites excluding steroid dienone is 10. The highest BCUT2D eigenvalue weighted by Crippen LogP contribution is 2.21. The lowest BCUT2D eigenvalue weighted by atomic mass is 9.94. The number of hydrogen-bond donors (Lipinski definition) is 0. The molecule has 14 heavy (non-hydrogen) atoms. The summed E-state index contributed by atoms with van der Waals surface area (Å²) in [6.07, 6.45) is 18.8. The largest absolute Gasteiger partial charge is 0.292 e. The molecule has 0 fully saturated rings. The van der Waals surface area contributed by atoms with Crippen molar-refractivity contribution in [1.82, 2.24) is 0 Å². The Balaban J connectivity index is 2.46. The van der Waals surface area contributed by atoms with Crippen LogP contribution in [0.5, 0.6) is 0 Å². The van der Waals surface area contributed by atoms with E-state index in [9.17, 15) is 0 Å². The second-order valence-corrected chi connectivity index (χ2v) is 3.28. The van der Waals surface area contributed by atoms with Crippen molar-refractivity contribution in [1.29, 1.82) is 0 Å². The molecular formula is C13H13N. The number of rotatable bonds is 0. The summed E-state index contributed by atoms with van der Waals surface area (Å²) in [5, 5.41) is 0. The third kappa shape index (κ3) is 1.67. The standard InChI is InChI=1S/C13H13N/c1-14-13-10-6-5-8-11-7-3-2-4-9-12(11)13/h2-10,12H,1H3. The molecule has 2 aliphatic carbocycles. The molecule has 1 heteroatoms. The molecule has 0 bridgehead atoms. The van der Waals surface area contributed by atoms with E-state index >= 15 is 0 Å². The van der Waals surface area contributed by atoms with Gasteiger partial charge in [0.15, 0.2) is 0 Å². The molecule has 0 saturated heterocycles. The van der Waals surface area contributed by atoms with E-state index in [1.807, 2.05) is 19.2 Å². The van der Waals surface area contributed by atoms with Gasteiger partial charge in [0.2, 0.25) is 0 Å². The first-order valence-corrected chi connectivity index (χ1v) is 4.78. The molecule has 0 aromatic carbocycles. The van der Waals surface area contributed by atoms with E-state index in [0.29, 0.717) is 5.92 Å². The third-order valence-corrected chi connectivity index (χ3v) is 2.42. The maximum absolute atomic E-state index is 4.30. The van der Waals surface area contributed by atoms with Gasteiger partial charge in [-0.1, -0.05) is 48.6 Å². The zero-order chi connectivity index (χ0) is 9.80. The predicted molar refractivity (Wildman–Crippen MR) is 61.5 cm³/mol. The van der Waals surface area contributed by atoms with Crippen LogP contribution in [-0.2, 0) is 0 Å². The van der Waals surface area contributed by atoms with Crippen LogP contribution in [0.15, 0.2) is 65.2 Å². The number of aliphatic imine (C=N–C) groups is 1. The molecule has 1 unspecified atom stereocenters. The quantitative estimate of drug-likeness (QED) is 0.547. The van der Waals surface area contributed by atoms with E-state index in [2.05, 4.69) is 47.5 Å². The van der Waals surface area contributed by atoms with Crippen molar-refractivity contribution in [3.8, 4) is 0 Å². The molecule has 2 aliphatic rings. The topological polar surface area (TPSA) is 12.4 Å². The molecule has 0 amide bonds. The number of fused-ring (bicyclic) bond motifs is 1. The summed E-state index contributed by atoms with van der Waals surface area (Å²) in [5.74, 6) is 0.310. The van der Waals surface area contributed by atoms with Crippen LogP contribution >= 0.6 is 0 Å². The molecule has 2 rings (SSSR count).